The molecule has 2 rings (SSSR count). The van der Waals surface area contributed by atoms with Crippen molar-refractivity contribution in [1.82, 2.24) is 0 Å². The van der Waals surface area contributed by atoms with Gasteiger partial charge >= 0.3 is 0 Å². The number of hydrogen-bond acceptors (Lipinski definition) is 3. The molecule has 0 unspecified atom stereocenters. The standard InChI is InChI=1S/C17H24O3Si/c1-18-11-15(12-21(2,3)4)7-5-6-14-8-9-16-17(10-14)20-13-19-16/h5-6,8-10,12H,7,11,13H2,1-4H3/b6-5+,15-12-. The summed E-state index contributed by atoms with van der Waals surface area (Å²) in [5.74, 6) is 1.65. The van der Waals surface area contributed by atoms with Crippen LogP contribution in [0.3, 0.4) is 0 Å². The average molecular weight is 304 g/mol. The molecule has 0 aromatic heterocycles. The molecule has 0 saturated heterocycles. The molecule has 0 atom stereocenters. The summed E-state index contributed by atoms with van der Waals surface area (Å²) < 4.78 is 16.0. The number of fused-ring (bicyclic) bond motifs is 1. The van der Waals surface area contributed by atoms with Gasteiger partial charge in [0.15, 0.2) is 11.5 Å². The van der Waals surface area contributed by atoms with Crippen molar-refractivity contribution in [3.63, 3.8) is 0 Å². The molecule has 0 bridgehead atoms. The Morgan fingerprint density at radius 1 is 1.24 bits per heavy atom. The van der Waals surface area contributed by atoms with E-state index in [4.69, 9.17) is 14.2 Å². The fourth-order valence-corrected chi connectivity index (χ4v) is 3.75. The quantitative estimate of drug-likeness (QED) is 0.735. The van der Waals surface area contributed by atoms with E-state index in [-0.39, 0.29) is 0 Å². The lowest BCUT2D eigenvalue weighted by molar-refractivity contribution is 0.174. The summed E-state index contributed by atoms with van der Waals surface area (Å²) in [7, 11) is 0.536. The van der Waals surface area contributed by atoms with E-state index in [2.05, 4.69) is 37.5 Å². The van der Waals surface area contributed by atoms with E-state index in [9.17, 15) is 0 Å². The number of benzene rings is 1. The van der Waals surface area contributed by atoms with E-state index in [0.717, 1.165) is 23.5 Å². The lowest BCUT2D eigenvalue weighted by Gasteiger charge is -2.13. The normalized spacial score (nSPS) is 15.0. The molecular weight excluding hydrogens is 280 g/mol. The zero-order valence-corrected chi connectivity index (χ0v) is 14.3. The number of hydrogen-bond donors (Lipinski definition) is 0. The third-order valence-electron chi connectivity index (χ3n) is 3.05. The van der Waals surface area contributed by atoms with E-state index < -0.39 is 8.07 Å². The molecule has 1 aromatic rings. The minimum atomic E-state index is -1.21. The average Bonchev–Trinajstić information content (AvgIpc) is 2.84. The maximum absolute atomic E-state index is 5.39. The zero-order valence-electron chi connectivity index (χ0n) is 13.3. The molecule has 3 nitrogen and oxygen atoms in total. The third-order valence-corrected chi connectivity index (χ3v) is 4.33. The van der Waals surface area contributed by atoms with Crippen LogP contribution in [0.2, 0.25) is 19.6 Å². The van der Waals surface area contributed by atoms with Crippen molar-refractivity contribution in [1.29, 1.82) is 0 Å². The summed E-state index contributed by atoms with van der Waals surface area (Å²) >= 11 is 0. The zero-order chi connectivity index (χ0) is 15.3. The first kappa shape index (κ1) is 15.9. The summed E-state index contributed by atoms with van der Waals surface area (Å²) in [6.45, 7) is 8.04. The molecule has 0 spiro atoms. The van der Waals surface area contributed by atoms with Crippen molar-refractivity contribution < 1.29 is 14.2 Å². The Kier molecular flexibility index (Phi) is 5.26. The summed E-state index contributed by atoms with van der Waals surface area (Å²) in [5, 5.41) is 0. The second kappa shape index (κ2) is 6.96. The van der Waals surface area contributed by atoms with Gasteiger partial charge in [-0.3, -0.25) is 0 Å². The molecule has 0 fully saturated rings. The Bertz CT molecular complexity index is 541. The molecule has 1 aromatic carbocycles. The second-order valence-corrected chi connectivity index (χ2v) is 11.3. The summed E-state index contributed by atoms with van der Waals surface area (Å²) in [4.78, 5) is 0. The van der Waals surface area contributed by atoms with Crippen LogP contribution in [0.5, 0.6) is 11.5 Å². The number of ether oxygens (including phenoxy) is 3. The lowest BCUT2D eigenvalue weighted by atomic mass is 10.1. The van der Waals surface area contributed by atoms with Crippen LogP contribution in [-0.4, -0.2) is 28.6 Å². The molecule has 114 valence electrons. The van der Waals surface area contributed by atoms with E-state index in [1.165, 1.54) is 5.57 Å². The SMILES string of the molecule is COC/C(=C\[Si](C)(C)C)C/C=C/c1ccc2c(c1)OCO2. The highest BCUT2D eigenvalue weighted by Crippen LogP contribution is 2.32. The first-order valence-corrected chi connectivity index (χ1v) is 10.8. The second-order valence-electron chi connectivity index (χ2n) is 6.32. The van der Waals surface area contributed by atoms with Crippen LogP contribution in [0.1, 0.15) is 12.0 Å². The lowest BCUT2D eigenvalue weighted by Crippen LogP contribution is -2.17. The van der Waals surface area contributed by atoms with Crippen LogP contribution >= 0.6 is 0 Å². The Labute approximate surface area is 128 Å². The largest absolute Gasteiger partial charge is 0.454 e. The van der Waals surface area contributed by atoms with Crippen molar-refractivity contribution in [3.8, 4) is 11.5 Å². The fourth-order valence-electron chi connectivity index (χ4n) is 2.32. The molecule has 0 saturated carbocycles. The molecule has 0 N–H and O–H groups in total. The molecule has 0 amide bonds. The molecule has 0 aliphatic carbocycles. The van der Waals surface area contributed by atoms with E-state index in [1.807, 2.05) is 18.2 Å². The van der Waals surface area contributed by atoms with Crippen LogP contribution in [0, 0.1) is 0 Å². The molecule has 21 heavy (non-hydrogen) atoms. The molecule has 0 radical (unpaired) electrons. The summed E-state index contributed by atoms with van der Waals surface area (Å²) in [5.41, 5.74) is 4.90. The van der Waals surface area contributed by atoms with Gasteiger partial charge in [-0.05, 0) is 29.7 Å². The van der Waals surface area contributed by atoms with Crippen LogP contribution in [0.25, 0.3) is 6.08 Å². The predicted octanol–water partition coefficient (Wildman–Crippen LogP) is 4.27. The predicted molar refractivity (Wildman–Crippen MR) is 89.5 cm³/mol. The fraction of sp³-hybridized carbons (Fsp3) is 0.412. The van der Waals surface area contributed by atoms with Gasteiger partial charge in [0.25, 0.3) is 0 Å². The Balaban J connectivity index is 2.01. The van der Waals surface area contributed by atoms with Crippen molar-refractivity contribution in [2.75, 3.05) is 20.5 Å². The Hall–Kier alpha value is -1.52. The van der Waals surface area contributed by atoms with Gasteiger partial charge in [0.05, 0.1) is 14.7 Å². The van der Waals surface area contributed by atoms with Crippen LogP contribution in [0.4, 0.5) is 0 Å². The van der Waals surface area contributed by atoms with E-state index in [0.29, 0.717) is 13.4 Å². The maximum atomic E-state index is 5.39. The van der Waals surface area contributed by atoms with Crippen molar-refractivity contribution in [2.24, 2.45) is 0 Å². The van der Waals surface area contributed by atoms with E-state index >= 15 is 0 Å². The van der Waals surface area contributed by atoms with Gasteiger partial charge in [0.2, 0.25) is 6.79 Å². The van der Waals surface area contributed by atoms with Gasteiger partial charge in [-0.15, -0.1) is 0 Å². The third kappa shape index (κ3) is 5.06. The van der Waals surface area contributed by atoms with Crippen LogP contribution in [-0.2, 0) is 4.74 Å². The molecule has 1 heterocycles. The first-order chi connectivity index (χ1) is 9.98. The Morgan fingerprint density at radius 2 is 2.00 bits per heavy atom. The number of allylic oxidation sites excluding steroid dienone is 1. The first-order valence-electron chi connectivity index (χ1n) is 7.24. The van der Waals surface area contributed by atoms with Gasteiger partial charge < -0.3 is 14.2 Å². The maximum Gasteiger partial charge on any atom is 0.231 e. The summed E-state index contributed by atoms with van der Waals surface area (Å²) in [6.07, 6.45) is 5.23. The number of methoxy groups -OCH3 is 1. The minimum absolute atomic E-state index is 0.319. The van der Waals surface area contributed by atoms with E-state index in [1.54, 1.807) is 7.11 Å². The highest BCUT2D eigenvalue weighted by atomic mass is 28.3. The molecule has 4 heteroatoms. The topological polar surface area (TPSA) is 27.7 Å². The Morgan fingerprint density at radius 3 is 2.71 bits per heavy atom. The minimum Gasteiger partial charge on any atom is -0.454 e. The summed E-state index contributed by atoms with van der Waals surface area (Å²) in [6, 6.07) is 6.01. The van der Waals surface area contributed by atoms with Crippen molar-refractivity contribution in [2.45, 2.75) is 26.1 Å². The smallest absolute Gasteiger partial charge is 0.231 e. The monoisotopic (exact) mass is 304 g/mol. The molecule has 1 aliphatic heterocycles. The van der Waals surface area contributed by atoms with Gasteiger partial charge in [-0.1, -0.05) is 43.6 Å². The highest BCUT2D eigenvalue weighted by molar-refractivity contribution is 6.81. The van der Waals surface area contributed by atoms with Gasteiger partial charge in [0.1, 0.15) is 0 Å². The van der Waals surface area contributed by atoms with Crippen molar-refractivity contribution >= 4 is 14.1 Å². The number of rotatable bonds is 6. The van der Waals surface area contributed by atoms with Gasteiger partial charge in [0, 0.05) is 7.11 Å². The van der Waals surface area contributed by atoms with Gasteiger partial charge in [-0.25, -0.2) is 0 Å². The molecular formula is C17H24O3Si. The molecule has 1 aliphatic rings. The van der Waals surface area contributed by atoms with Crippen LogP contribution < -0.4 is 9.47 Å². The van der Waals surface area contributed by atoms with Crippen molar-refractivity contribution in [3.05, 3.63) is 41.1 Å². The van der Waals surface area contributed by atoms with Gasteiger partial charge in [-0.2, -0.15) is 0 Å². The highest BCUT2D eigenvalue weighted by Gasteiger charge is 2.12. The van der Waals surface area contributed by atoms with Crippen LogP contribution in [0.15, 0.2) is 35.5 Å².